The highest BCUT2D eigenvalue weighted by atomic mass is 16.6. The molecule has 0 aromatic heterocycles. The van der Waals surface area contributed by atoms with Gasteiger partial charge in [-0.2, -0.15) is 0 Å². The molecule has 20 heavy (non-hydrogen) atoms. The summed E-state index contributed by atoms with van der Waals surface area (Å²) in [7, 11) is 1.79. The number of rotatable bonds is 6. The molecule has 0 bridgehead atoms. The smallest absolute Gasteiger partial charge is 0.270 e. The fraction of sp³-hybridized carbons (Fsp3) is 0.200. The fourth-order valence-electron chi connectivity index (χ4n) is 1.88. The molecule has 0 saturated carbocycles. The second-order valence-corrected chi connectivity index (χ2v) is 4.35. The van der Waals surface area contributed by atoms with Crippen LogP contribution in [0.3, 0.4) is 0 Å². The molecule has 0 spiro atoms. The Morgan fingerprint density at radius 2 is 1.95 bits per heavy atom. The average molecular weight is 272 g/mol. The van der Waals surface area contributed by atoms with Gasteiger partial charge in [0.1, 0.15) is 12.4 Å². The van der Waals surface area contributed by atoms with E-state index in [0.29, 0.717) is 18.9 Å². The van der Waals surface area contributed by atoms with Crippen LogP contribution < -0.4 is 10.1 Å². The molecule has 104 valence electrons. The van der Waals surface area contributed by atoms with E-state index in [2.05, 4.69) is 5.32 Å². The van der Waals surface area contributed by atoms with Crippen molar-refractivity contribution in [2.75, 3.05) is 7.05 Å². The van der Waals surface area contributed by atoms with Gasteiger partial charge in [0.15, 0.2) is 0 Å². The molecule has 5 heteroatoms. The maximum Gasteiger partial charge on any atom is 0.270 e. The van der Waals surface area contributed by atoms with Crippen LogP contribution in [0.15, 0.2) is 48.5 Å². The minimum atomic E-state index is -0.403. The first kappa shape index (κ1) is 14.0. The van der Waals surface area contributed by atoms with E-state index in [4.69, 9.17) is 4.74 Å². The van der Waals surface area contributed by atoms with Crippen molar-refractivity contribution in [1.29, 1.82) is 0 Å². The van der Waals surface area contributed by atoms with Gasteiger partial charge in [0.25, 0.3) is 5.69 Å². The lowest BCUT2D eigenvalue weighted by atomic mass is 10.1. The Hall–Kier alpha value is -2.40. The fourth-order valence-corrected chi connectivity index (χ4v) is 1.88. The maximum atomic E-state index is 10.8. The van der Waals surface area contributed by atoms with Crippen LogP contribution in [0.4, 0.5) is 5.69 Å². The van der Waals surface area contributed by atoms with Crippen LogP contribution in [-0.4, -0.2) is 12.0 Å². The van der Waals surface area contributed by atoms with Gasteiger partial charge >= 0.3 is 0 Å². The van der Waals surface area contributed by atoms with Crippen LogP contribution in [-0.2, 0) is 13.2 Å². The van der Waals surface area contributed by atoms with Gasteiger partial charge in [0.2, 0.25) is 0 Å². The quantitative estimate of drug-likeness (QED) is 0.648. The molecule has 0 saturated heterocycles. The van der Waals surface area contributed by atoms with E-state index in [-0.39, 0.29) is 5.69 Å². The molecule has 0 unspecified atom stereocenters. The Morgan fingerprint density at radius 1 is 1.20 bits per heavy atom. The third-order valence-electron chi connectivity index (χ3n) is 2.86. The molecule has 0 aliphatic heterocycles. The molecule has 5 nitrogen and oxygen atoms in total. The maximum absolute atomic E-state index is 10.8. The summed E-state index contributed by atoms with van der Waals surface area (Å²) in [6.45, 7) is 0.959. The molecular weight excluding hydrogens is 256 g/mol. The molecule has 0 amide bonds. The number of benzene rings is 2. The van der Waals surface area contributed by atoms with Crippen molar-refractivity contribution in [3.8, 4) is 5.75 Å². The summed E-state index contributed by atoms with van der Waals surface area (Å²) < 4.78 is 5.75. The highest BCUT2D eigenvalue weighted by Crippen LogP contribution is 2.25. The highest BCUT2D eigenvalue weighted by molar-refractivity contribution is 5.43. The summed E-state index contributed by atoms with van der Waals surface area (Å²) in [4.78, 5) is 10.4. The topological polar surface area (TPSA) is 64.4 Å². The van der Waals surface area contributed by atoms with Crippen LogP contribution in [0.1, 0.15) is 11.1 Å². The predicted molar refractivity (Wildman–Crippen MR) is 76.6 cm³/mol. The summed E-state index contributed by atoms with van der Waals surface area (Å²) in [6.07, 6.45) is 0. The Balaban J connectivity index is 2.16. The molecule has 0 aliphatic carbocycles. The molecule has 0 atom stereocenters. The number of hydrogen-bond donors (Lipinski definition) is 1. The standard InChI is InChI=1S/C15H16N2O3/c1-16-10-13-9-14(17(18)19)7-8-15(13)20-11-12-5-3-2-4-6-12/h2-9,16H,10-11H2,1H3. The number of nitrogens with zero attached hydrogens (tertiary/aromatic N) is 1. The summed E-state index contributed by atoms with van der Waals surface area (Å²) in [5.41, 5.74) is 1.90. The predicted octanol–water partition coefficient (Wildman–Crippen LogP) is 2.89. The average Bonchev–Trinajstić information content (AvgIpc) is 2.47. The van der Waals surface area contributed by atoms with E-state index in [1.165, 1.54) is 12.1 Å². The number of hydrogen-bond acceptors (Lipinski definition) is 4. The van der Waals surface area contributed by atoms with Crippen molar-refractivity contribution in [3.05, 3.63) is 69.8 Å². The zero-order chi connectivity index (χ0) is 14.4. The first-order valence-electron chi connectivity index (χ1n) is 6.29. The molecule has 2 rings (SSSR count). The van der Waals surface area contributed by atoms with Crippen LogP contribution in [0.5, 0.6) is 5.75 Å². The van der Waals surface area contributed by atoms with Gasteiger partial charge in [-0.05, 0) is 18.7 Å². The largest absolute Gasteiger partial charge is 0.489 e. The molecule has 0 radical (unpaired) electrons. The van der Waals surface area contributed by atoms with Gasteiger partial charge in [-0.15, -0.1) is 0 Å². The van der Waals surface area contributed by atoms with Gasteiger partial charge in [0.05, 0.1) is 4.92 Å². The lowest BCUT2D eigenvalue weighted by Gasteiger charge is -2.11. The van der Waals surface area contributed by atoms with E-state index < -0.39 is 4.92 Å². The first-order valence-corrected chi connectivity index (χ1v) is 6.29. The monoisotopic (exact) mass is 272 g/mol. The molecule has 2 aromatic rings. The summed E-state index contributed by atoms with van der Waals surface area (Å²) in [6, 6.07) is 14.4. The van der Waals surface area contributed by atoms with Crippen LogP contribution in [0, 0.1) is 10.1 Å². The van der Waals surface area contributed by atoms with E-state index in [1.807, 2.05) is 30.3 Å². The normalized spacial score (nSPS) is 10.2. The number of nitro benzene ring substituents is 1. The Kier molecular flexibility index (Phi) is 4.68. The Labute approximate surface area is 117 Å². The van der Waals surface area contributed by atoms with Gasteiger partial charge in [-0.3, -0.25) is 10.1 Å². The first-order chi connectivity index (χ1) is 9.70. The Morgan fingerprint density at radius 3 is 2.60 bits per heavy atom. The van der Waals surface area contributed by atoms with Crippen molar-refractivity contribution in [3.63, 3.8) is 0 Å². The number of nitro groups is 1. The lowest BCUT2D eigenvalue weighted by molar-refractivity contribution is -0.384. The van der Waals surface area contributed by atoms with Gasteiger partial charge in [-0.25, -0.2) is 0 Å². The van der Waals surface area contributed by atoms with Gasteiger partial charge < -0.3 is 10.1 Å². The molecule has 2 aromatic carbocycles. The highest BCUT2D eigenvalue weighted by Gasteiger charge is 2.11. The van der Waals surface area contributed by atoms with Crippen LogP contribution >= 0.6 is 0 Å². The van der Waals surface area contributed by atoms with Crippen molar-refractivity contribution in [2.24, 2.45) is 0 Å². The van der Waals surface area contributed by atoms with E-state index in [1.54, 1.807) is 13.1 Å². The van der Waals surface area contributed by atoms with E-state index in [0.717, 1.165) is 11.1 Å². The second-order valence-electron chi connectivity index (χ2n) is 4.35. The van der Waals surface area contributed by atoms with Crippen LogP contribution in [0.25, 0.3) is 0 Å². The zero-order valence-corrected chi connectivity index (χ0v) is 11.2. The van der Waals surface area contributed by atoms with Crippen molar-refractivity contribution in [2.45, 2.75) is 13.2 Å². The van der Waals surface area contributed by atoms with Crippen LogP contribution in [0.2, 0.25) is 0 Å². The van der Waals surface area contributed by atoms with Gasteiger partial charge in [-0.1, -0.05) is 30.3 Å². The Bertz CT molecular complexity index is 585. The summed E-state index contributed by atoms with van der Waals surface area (Å²) in [5, 5.41) is 13.8. The zero-order valence-electron chi connectivity index (χ0n) is 11.2. The van der Waals surface area contributed by atoms with E-state index in [9.17, 15) is 10.1 Å². The second kappa shape index (κ2) is 6.68. The molecule has 0 fully saturated rings. The molecule has 1 N–H and O–H groups in total. The van der Waals surface area contributed by atoms with Crippen molar-refractivity contribution in [1.82, 2.24) is 5.32 Å². The minimum Gasteiger partial charge on any atom is -0.489 e. The van der Waals surface area contributed by atoms with E-state index >= 15 is 0 Å². The summed E-state index contributed by atoms with van der Waals surface area (Å²) >= 11 is 0. The van der Waals surface area contributed by atoms with Crippen molar-refractivity contribution >= 4 is 5.69 Å². The molecule has 0 aliphatic rings. The van der Waals surface area contributed by atoms with Crippen molar-refractivity contribution < 1.29 is 9.66 Å². The third-order valence-corrected chi connectivity index (χ3v) is 2.86. The lowest BCUT2D eigenvalue weighted by Crippen LogP contribution is -2.08. The minimum absolute atomic E-state index is 0.0716. The van der Waals surface area contributed by atoms with Gasteiger partial charge in [0, 0.05) is 24.2 Å². The number of nitrogens with one attached hydrogen (secondary N) is 1. The summed E-state index contributed by atoms with van der Waals surface area (Å²) in [5.74, 6) is 0.661. The third kappa shape index (κ3) is 3.55. The molecule has 0 heterocycles. The molecular formula is C15H16N2O3. The number of non-ortho nitro benzene ring substituents is 1. The number of ether oxygens (including phenoxy) is 1. The SMILES string of the molecule is CNCc1cc([N+](=O)[O-])ccc1OCc1ccccc1.